The quantitative estimate of drug-likeness (QED) is 0.649. The molecule has 0 aromatic rings. The van der Waals surface area contributed by atoms with Crippen LogP contribution in [0.1, 0.15) is 66.2 Å². The minimum Gasteiger partial charge on any atom is -0.352 e. The van der Waals surface area contributed by atoms with Gasteiger partial charge < -0.3 is 20.9 Å². The Morgan fingerprint density at radius 2 is 1.84 bits per heavy atom. The lowest BCUT2D eigenvalue weighted by Gasteiger charge is -2.30. The lowest BCUT2D eigenvalue weighted by molar-refractivity contribution is -0.140. The number of urea groups is 1. The molecule has 7 nitrogen and oxygen atoms in total. The van der Waals surface area contributed by atoms with Crippen LogP contribution in [0.25, 0.3) is 0 Å². The third-order valence-electron chi connectivity index (χ3n) is 5.11. The van der Waals surface area contributed by atoms with Crippen LogP contribution in [0.5, 0.6) is 0 Å². The van der Waals surface area contributed by atoms with Crippen molar-refractivity contribution >= 4 is 17.8 Å². The zero-order valence-corrected chi connectivity index (χ0v) is 15.9. The van der Waals surface area contributed by atoms with E-state index in [9.17, 15) is 14.4 Å². The third kappa shape index (κ3) is 5.34. The van der Waals surface area contributed by atoms with Gasteiger partial charge in [-0.3, -0.25) is 9.59 Å². The highest BCUT2D eigenvalue weighted by molar-refractivity contribution is 5.92. The fourth-order valence-electron chi connectivity index (χ4n) is 2.96. The number of carbonyl (C=O) groups excluding carboxylic acids is 3. The molecule has 2 aliphatic rings. The van der Waals surface area contributed by atoms with E-state index in [0.717, 1.165) is 25.7 Å². The van der Waals surface area contributed by atoms with E-state index in [4.69, 9.17) is 0 Å². The van der Waals surface area contributed by atoms with Crippen LogP contribution in [-0.2, 0) is 9.59 Å². The number of hydrogen-bond acceptors (Lipinski definition) is 3. The molecular weight excluding hydrogens is 320 g/mol. The molecule has 3 N–H and O–H groups in total. The number of rotatable bonds is 7. The van der Waals surface area contributed by atoms with E-state index in [2.05, 4.69) is 16.0 Å². The molecule has 1 unspecified atom stereocenters. The van der Waals surface area contributed by atoms with Gasteiger partial charge in [0, 0.05) is 18.1 Å². The maximum Gasteiger partial charge on any atom is 0.315 e. The van der Waals surface area contributed by atoms with Crippen LogP contribution >= 0.6 is 0 Å². The Balaban J connectivity index is 1.95. The first-order valence-electron chi connectivity index (χ1n) is 9.47. The molecule has 2 fully saturated rings. The van der Waals surface area contributed by atoms with E-state index < -0.39 is 12.1 Å². The molecule has 1 aliphatic carbocycles. The van der Waals surface area contributed by atoms with Gasteiger partial charge in [0.05, 0.1) is 0 Å². The van der Waals surface area contributed by atoms with Crippen LogP contribution in [0.2, 0.25) is 0 Å². The first kappa shape index (κ1) is 19.5. The Labute approximate surface area is 150 Å². The number of amides is 4. The number of hydrogen-bond donors (Lipinski definition) is 3. The van der Waals surface area contributed by atoms with Gasteiger partial charge in [-0.1, -0.05) is 13.8 Å². The fraction of sp³-hybridized carbons (Fsp3) is 0.833. The molecule has 1 heterocycles. The van der Waals surface area contributed by atoms with E-state index in [0.29, 0.717) is 19.4 Å². The van der Waals surface area contributed by atoms with E-state index in [1.165, 1.54) is 0 Å². The number of nitrogens with one attached hydrogen (secondary N) is 3. The summed E-state index contributed by atoms with van der Waals surface area (Å²) in [5, 5.41) is 8.64. The average molecular weight is 352 g/mol. The zero-order chi connectivity index (χ0) is 18.6. The summed E-state index contributed by atoms with van der Waals surface area (Å²) in [7, 11) is 0. The van der Waals surface area contributed by atoms with E-state index in [-0.39, 0.29) is 29.4 Å². The molecule has 2 atom stereocenters. The lowest BCUT2D eigenvalue weighted by atomic mass is 10.0. The molecule has 1 aliphatic heterocycles. The molecule has 1 saturated heterocycles. The summed E-state index contributed by atoms with van der Waals surface area (Å²) in [6, 6.07) is -1.07. The topological polar surface area (TPSA) is 90.5 Å². The standard InChI is InChI=1S/C18H32N4O3/c1-5-13(20-17(25)21-18(3,4)6-2)16(24)22-11-7-8-14(22)15(23)19-12-9-10-12/h12-14H,5-11H2,1-4H3,(H,19,23)(H2,20,21,25)/t13?,14-/m0/s1. The summed E-state index contributed by atoms with van der Waals surface area (Å²) in [5.41, 5.74) is -0.328. The van der Waals surface area contributed by atoms with Crippen LogP contribution < -0.4 is 16.0 Å². The zero-order valence-electron chi connectivity index (χ0n) is 15.9. The maximum atomic E-state index is 12.9. The minimum atomic E-state index is -0.609. The molecule has 0 aromatic carbocycles. The smallest absolute Gasteiger partial charge is 0.315 e. The Hall–Kier alpha value is -1.79. The van der Waals surface area contributed by atoms with Gasteiger partial charge in [-0.2, -0.15) is 0 Å². The molecule has 0 bridgehead atoms. The Morgan fingerprint density at radius 3 is 2.40 bits per heavy atom. The van der Waals surface area contributed by atoms with Gasteiger partial charge in [-0.15, -0.1) is 0 Å². The second kappa shape index (κ2) is 8.06. The van der Waals surface area contributed by atoms with Crippen molar-refractivity contribution in [2.75, 3.05) is 6.54 Å². The number of nitrogens with zero attached hydrogens (tertiary/aromatic N) is 1. The molecule has 4 amide bonds. The van der Waals surface area contributed by atoms with Crippen LogP contribution in [0.4, 0.5) is 4.79 Å². The highest BCUT2D eigenvalue weighted by Crippen LogP contribution is 2.23. The highest BCUT2D eigenvalue weighted by Gasteiger charge is 2.38. The summed E-state index contributed by atoms with van der Waals surface area (Å²) in [4.78, 5) is 39.1. The lowest BCUT2D eigenvalue weighted by Crippen LogP contribution is -2.57. The number of likely N-dealkylation sites (tertiary alicyclic amines) is 1. The summed E-state index contributed by atoms with van der Waals surface area (Å²) in [6.45, 7) is 8.31. The largest absolute Gasteiger partial charge is 0.352 e. The van der Waals surface area contributed by atoms with Crippen LogP contribution in [0.15, 0.2) is 0 Å². The van der Waals surface area contributed by atoms with Gasteiger partial charge in [-0.25, -0.2) is 4.79 Å². The Kier molecular flexibility index (Phi) is 6.30. The Bertz CT molecular complexity index is 516. The predicted octanol–water partition coefficient (Wildman–Crippen LogP) is 1.52. The first-order chi connectivity index (χ1) is 11.8. The predicted molar refractivity (Wildman–Crippen MR) is 96.0 cm³/mol. The van der Waals surface area contributed by atoms with Crippen LogP contribution in [-0.4, -0.2) is 53.0 Å². The molecule has 25 heavy (non-hydrogen) atoms. The Morgan fingerprint density at radius 1 is 1.16 bits per heavy atom. The summed E-state index contributed by atoms with van der Waals surface area (Å²) >= 11 is 0. The van der Waals surface area contributed by atoms with Gasteiger partial charge in [-0.05, 0) is 52.4 Å². The van der Waals surface area contributed by atoms with Crippen molar-refractivity contribution in [1.82, 2.24) is 20.9 Å². The summed E-state index contributed by atoms with van der Waals surface area (Å²) in [6.07, 6.45) is 4.85. The molecule has 0 spiro atoms. The third-order valence-corrected chi connectivity index (χ3v) is 5.11. The second-order valence-electron chi connectivity index (χ2n) is 7.77. The normalized spacial score (nSPS) is 21.6. The molecular formula is C18H32N4O3. The summed E-state index contributed by atoms with van der Waals surface area (Å²) in [5.74, 6) is -0.222. The number of carbonyl (C=O) groups is 3. The minimum absolute atomic E-state index is 0.0558. The fourth-order valence-corrected chi connectivity index (χ4v) is 2.96. The van der Waals surface area contributed by atoms with Gasteiger partial charge in [0.2, 0.25) is 11.8 Å². The highest BCUT2D eigenvalue weighted by atomic mass is 16.2. The van der Waals surface area contributed by atoms with E-state index >= 15 is 0 Å². The van der Waals surface area contributed by atoms with E-state index in [1.807, 2.05) is 27.7 Å². The van der Waals surface area contributed by atoms with Crippen molar-refractivity contribution < 1.29 is 14.4 Å². The van der Waals surface area contributed by atoms with Crippen molar-refractivity contribution in [3.63, 3.8) is 0 Å². The van der Waals surface area contributed by atoms with Crippen molar-refractivity contribution in [2.24, 2.45) is 0 Å². The SMILES string of the molecule is CCC(NC(=O)NC(C)(C)CC)C(=O)N1CCC[C@H]1C(=O)NC1CC1. The first-order valence-corrected chi connectivity index (χ1v) is 9.47. The van der Waals surface area contributed by atoms with Gasteiger partial charge in [0.25, 0.3) is 0 Å². The average Bonchev–Trinajstić information content (AvgIpc) is 3.23. The molecule has 0 radical (unpaired) electrons. The monoisotopic (exact) mass is 352 g/mol. The molecule has 1 saturated carbocycles. The van der Waals surface area contributed by atoms with Crippen molar-refractivity contribution in [1.29, 1.82) is 0 Å². The maximum absolute atomic E-state index is 12.9. The van der Waals surface area contributed by atoms with Gasteiger partial charge in [0.1, 0.15) is 12.1 Å². The van der Waals surface area contributed by atoms with Gasteiger partial charge in [0.15, 0.2) is 0 Å². The second-order valence-corrected chi connectivity index (χ2v) is 7.77. The molecule has 142 valence electrons. The van der Waals surface area contributed by atoms with E-state index in [1.54, 1.807) is 4.90 Å². The van der Waals surface area contributed by atoms with Crippen LogP contribution in [0, 0.1) is 0 Å². The van der Waals surface area contributed by atoms with Gasteiger partial charge >= 0.3 is 6.03 Å². The van der Waals surface area contributed by atoms with Crippen molar-refractivity contribution in [3.05, 3.63) is 0 Å². The van der Waals surface area contributed by atoms with Crippen LogP contribution in [0.3, 0.4) is 0 Å². The van der Waals surface area contributed by atoms with Crippen molar-refractivity contribution in [2.45, 2.75) is 89.9 Å². The van der Waals surface area contributed by atoms with Crippen molar-refractivity contribution in [3.8, 4) is 0 Å². The molecule has 0 aromatic heterocycles. The molecule has 7 heteroatoms. The summed E-state index contributed by atoms with van der Waals surface area (Å²) < 4.78 is 0. The molecule has 2 rings (SSSR count).